The summed E-state index contributed by atoms with van der Waals surface area (Å²) in [6, 6.07) is 3.77. The lowest BCUT2D eigenvalue weighted by atomic mass is 9.98. The van der Waals surface area contributed by atoms with Gasteiger partial charge in [0.25, 0.3) is 0 Å². The molecule has 0 radical (unpaired) electrons. The molecule has 0 aliphatic heterocycles. The van der Waals surface area contributed by atoms with E-state index in [-0.39, 0.29) is 21.6 Å². The molecule has 0 saturated heterocycles. The highest BCUT2D eigenvalue weighted by Gasteiger charge is 2.20. The second kappa shape index (κ2) is 6.11. The van der Waals surface area contributed by atoms with Gasteiger partial charge < -0.3 is 4.74 Å². The van der Waals surface area contributed by atoms with E-state index in [1.807, 2.05) is 0 Å². The van der Waals surface area contributed by atoms with Crippen LogP contribution < -0.4 is 5.14 Å². The van der Waals surface area contributed by atoms with Gasteiger partial charge in [-0.3, -0.25) is 0 Å². The molecule has 2 N–H and O–H groups in total. The van der Waals surface area contributed by atoms with Crippen molar-refractivity contribution in [2.45, 2.75) is 43.1 Å². The number of hydrogen-bond donors (Lipinski definition) is 1. The third kappa shape index (κ3) is 3.94. The zero-order valence-electron chi connectivity index (χ0n) is 10.8. The maximum Gasteiger partial charge on any atom is 0.338 e. The molecule has 7 heteroatoms. The van der Waals surface area contributed by atoms with Crippen molar-refractivity contribution in [3.05, 3.63) is 28.8 Å². The van der Waals surface area contributed by atoms with E-state index in [2.05, 4.69) is 0 Å². The molecule has 5 nitrogen and oxygen atoms in total. The van der Waals surface area contributed by atoms with Gasteiger partial charge in [-0.05, 0) is 43.9 Å². The second-order valence-corrected chi connectivity index (χ2v) is 6.88. The van der Waals surface area contributed by atoms with Crippen LogP contribution in [0.25, 0.3) is 0 Å². The van der Waals surface area contributed by atoms with Gasteiger partial charge in [-0.1, -0.05) is 18.0 Å². The van der Waals surface area contributed by atoms with Gasteiger partial charge in [0.2, 0.25) is 10.0 Å². The minimum absolute atomic E-state index is 0.104. The molecule has 0 atom stereocenters. The average molecular weight is 318 g/mol. The summed E-state index contributed by atoms with van der Waals surface area (Å²) in [6.07, 6.45) is 4.81. The monoisotopic (exact) mass is 317 g/mol. The Hall–Kier alpha value is -1.11. The zero-order valence-corrected chi connectivity index (χ0v) is 12.4. The Labute approximate surface area is 123 Å². The van der Waals surface area contributed by atoms with Gasteiger partial charge in [0.05, 0.1) is 10.5 Å². The molecule has 1 aromatic carbocycles. The Morgan fingerprint density at radius 2 is 1.85 bits per heavy atom. The van der Waals surface area contributed by atoms with E-state index >= 15 is 0 Å². The van der Waals surface area contributed by atoms with Crippen molar-refractivity contribution >= 4 is 27.6 Å². The molecule has 2 rings (SSSR count). The molecule has 1 fully saturated rings. The van der Waals surface area contributed by atoms with E-state index in [4.69, 9.17) is 21.5 Å². The largest absolute Gasteiger partial charge is 0.459 e. The van der Waals surface area contributed by atoms with Crippen LogP contribution in [-0.2, 0) is 14.8 Å². The minimum atomic E-state index is -3.91. The summed E-state index contributed by atoms with van der Waals surface area (Å²) in [6.45, 7) is 0. The van der Waals surface area contributed by atoms with Crippen molar-refractivity contribution in [3.8, 4) is 0 Å². The van der Waals surface area contributed by atoms with E-state index < -0.39 is 16.0 Å². The first-order valence-corrected chi connectivity index (χ1v) is 8.33. The molecule has 0 spiro atoms. The van der Waals surface area contributed by atoms with Crippen molar-refractivity contribution in [2.75, 3.05) is 0 Å². The van der Waals surface area contributed by atoms with E-state index in [0.29, 0.717) is 0 Å². The van der Waals surface area contributed by atoms with Crippen LogP contribution >= 0.6 is 11.6 Å². The van der Waals surface area contributed by atoms with Crippen LogP contribution in [0.3, 0.4) is 0 Å². The van der Waals surface area contributed by atoms with Gasteiger partial charge in [-0.25, -0.2) is 18.4 Å². The lowest BCUT2D eigenvalue weighted by Gasteiger charge is -2.21. The Morgan fingerprint density at radius 1 is 1.20 bits per heavy atom. The van der Waals surface area contributed by atoms with Crippen molar-refractivity contribution < 1.29 is 17.9 Å². The molecule has 0 heterocycles. The van der Waals surface area contributed by atoms with Gasteiger partial charge in [-0.15, -0.1) is 0 Å². The molecule has 0 unspecified atom stereocenters. The van der Waals surface area contributed by atoms with Crippen LogP contribution in [0.5, 0.6) is 0 Å². The van der Waals surface area contributed by atoms with Crippen molar-refractivity contribution in [1.29, 1.82) is 0 Å². The summed E-state index contributed by atoms with van der Waals surface area (Å²) >= 11 is 5.82. The highest BCUT2D eigenvalue weighted by atomic mass is 35.5. The molecule has 0 amide bonds. The fourth-order valence-electron chi connectivity index (χ4n) is 2.25. The van der Waals surface area contributed by atoms with E-state index in [1.54, 1.807) is 0 Å². The van der Waals surface area contributed by atoms with E-state index in [1.165, 1.54) is 18.2 Å². The quantitative estimate of drug-likeness (QED) is 0.868. The summed E-state index contributed by atoms with van der Waals surface area (Å²) in [5.74, 6) is -0.565. The van der Waals surface area contributed by atoms with E-state index in [9.17, 15) is 13.2 Å². The predicted molar refractivity (Wildman–Crippen MR) is 75.1 cm³/mol. The lowest BCUT2D eigenvalue weighted by molar-refractivity contribution is 0.0211. The van der Waals surface area contributed by atoms with Crippen LogP contribution in [0, 0.1) is 0 Å². The number of primary sulfonamides is 1. The minimum Gasteiger partial charge on any atom is -0.459 e. The SMILES string of the molecule is NS(=O)(=O)c1cc(Cl)cc(C(=O)OC2CCCCC2)c1. The van der Waals surface area contributed by atoms with E-state index in [0.717, 1.165) is 32.1 Å². The Morgan fingerprint density at radius 3 is 2.45 bits per heavy atom. The fourth-order valence-corrected chi connectivity index (χ4v) is 3.13. The maximum atomic E-state index is 12.0. The average Bonchev–Trinajstić information content (AvgIpc) is 2.38. The number of ether oxygens (including phenoxy) is 1. The molecule has 1 aliphatic carbocycles. The van der Waals surface area contributed by atoms with Gasteiger partial charge in [0.1, 0.15) is 6.10 Å². The lowest BCUT2D eigenvalue weighted by Crippen LogP contribution is -2.21. The Bertz CT molecular complexity index is 609. The van der Waals surface area contributed by atoms with Gasteiger partial charge in [0, 0.05) is 5.02 Å². The van der Waals surface area contributed by atoms with Crippen molar-refractivity contribution in [3.63, 3.8) is 0 Å². The molecule has 1 aliphatic rings. The number of benzene rings is 1. The molecule has 0 aromatic heterocycles. The van der Waals surface area contributed by atoms with Crippen LogP contribution in [0.4, 0.5) is 0 Å². The summed E-state index contributed by atoms with van der Waals surface area (Å²) in [7, 11) is -3.91. The number of carbonyl (C=O) groups is 1. The zero-order chi connectivity index (χ0) is 14.8. The molecule has 20 heavy (non-hydrogen) atoms. The van der Waals surface area contributed by atoms with Gasteiger partial charge >= 0.3 is 5.97 Å². The highest BCUT2D eigenvalue weighted by Crippen LogP contribution is 2.23. The molecular formula is C13H16ClNO4S. The van der Waals surface area contributed by atoms with Crippen molar-refractivity contribution in [2.24, 2.45) is 5.14 Å². The van der Waals surface area contributed by atoms with Crippen LogP contribution in [0.15, 0.2) is 23.1 Å². The Kier molecular flexibility index (Phi) is 4.67. The number of nitrogens with two attached hydrogens (primary N) is 1. The molecule has 1 saturated carbocycles. The first-order valence-electron chi connectivity index (χ1n) is 6.40. The van der Waals surface area contributed by atoms with Crippen LogP contribution in [0.2, 0.25) is 5.02 Å². The third-order valence-electron chi connectivity index (χ3n) is 3.26. The molecule has 110 valence electrons. The summed E-state index contributed by atoms with van der Waals surface area (Å²) in [4.78, 5) is 11.8. The fraction of sp³-hybridized carbons (Fsp3) is 0.462. The summed E-state index contributed by atoms with van der Waals surface area (Å²) < 4.78 is 28.0. The predicted octanol–water partition coefficient (Wildman–Crippen LogP) is 2.48. The summed E-state index contributed by atoms with van der Waals surface area (Å²) in [5, 5.41) is 5.17. The standard InChI is InChI=1S/C13H16ClNO4S/c14-10-6-9(7-12(8-10)20(15,17)18)13(16)19-11-4-2-1-3-5-11/h6-8,11H,1-5H2,(H2,15,17,18). The van der Waals surface area contributed by atoms with Crippen LogP contribution in [-0.4, -0.2) is 20.5 Å². The second-order valence-electron chi connectivity index (χ2n) is 4.89. The molecule has 0 bridgehead atoms. The highest BCUT2D eigenvalue weighted by molar-refractivity contribution is 7.89. The third-order valence-corrected chi connectivity index (χ3v) is 4.37. The topological polar surface area (TPSA) is 86.5 Å². The maximum absolute atomic E-state index is 12.0. The van der Waals surface area contributed by atoms with Gasteiger partial charge in [0.15, 0.2) is 0 Å². The van der Waals surface area contributed by atoms with Crippen molar-refractivity contribution in [1.82, 2.24) is 0 Å². The summed E-state index contributed by atoms with van der Waals surface area (Å²) in [5.41, 5.74) is 0.104. The molecular weight excluding hydrogens is 302 g/mol. The number of sulfonamides is 1. The number of esters is 1. The Balaban J connectivity index is 2.19. The van der Waals surface area contributed by atoms with Gasteiger partial charge in [-0.2, -0.15) is 0 Å². The first-order chi connectivity index (χ1) is 9.36. The number of hydrogen-bond acceptors (Lipinski definition) is 4. The molecule has 1 aromatic rings. The number of halogens is 1. The normalized spacial score (nSPS) is 16.9. The van der Waals surface area contributed by atoms with Crippen LogP contribution in [0.1, 0.15) is 42.5 Å². The number of carbonyl (C=O) groups excluding carboxylic acids is 1. The first kappa shape index (κ1) is 15.3. The number of rotatable bonds is 3. The smallest absolute Gasteiger partial charge is 0.338 e.